The lowest BCUT2D eigenvalue weighted by atomic mass is 10.3. The molecule has 0 bridgehead atoms. The third-order valence-corrected chi connectivity index (χ3v) is 4.80. The van der Waals surface area contributed by atoms with Gasteiger partial charge >= 0.3 is 0 Å². The molecule has 8 heteroatoms. The van der Waals surface area contributed by atoms with Crippen LogP contribution < -0.4 is 9.46 Å². The molecule has 0 aliphatic heterocycles. The van der Waals surface area contributed by atoms with Gasteiger partial charge in [-0.25, -0.2) is 13.4 Å². The Labute approximate surface area is 133 Å². The van der Waals surface area contributed by atoms with Crippen molar-refractivity contribution in [2.24, 2.45) is 0 Å². The van der Waals surface area contributed by atoms with Crippen molar-refractivity contribution in [1.29, 1.82) is 0 Å². The monoisotopic (exact) mass is 420 g/mol. The van der Waals surface area contributed by atoms with E-state index in [0.29, 0.717) is 14.8 Å². The number of anilines is 1. The van der Waals surface area contributed by atoms with Crippen LogP contribution in [0.5, 0.6) is 5.75 Å². The van der Waals surface area contributed by atoms with Gasteiger partial charge in [0.15, 0.2) is 0 Å². The van der Waals surface area contributed by atoms with Crippen LogP contribution in [-0.4, -0.2) is 20.5 Å². The van der Waals surface area contributed by atoms with Crippen LogP contribution in [0.1, 0.15) is 0 Å². The van der Waals surface area contributed by atoms with Crippen molar-refractivity contribution >= 4 is 47.7 Å². The fourth-order valence-electron chi connectivity index (χ4n) is 1.48. The van der Waals surface area contributed by atoms with E-state index in [9.17, 15) is 8.42 Å². The minimum absolute atomic E-state index is 0.118. The predicted octanol–water partition coefficient (Wildman–Crippen LogP) is 3.42. The van der Waals surface area contributed by atoms with Crippen LogP contribution in [0.3, 0.4) is 0 Å². The van der Waals surface area contributed by atoms with Gasteiger partial charge < -0.3 is 4.74 Å². The molecule has 2 aromatic rings. The van der Waals surface area contributed by atoms with Crippen molar-refractivity contribution in [3.05, 3.63) is 45.5 Å². The summed E-state index contributed by atoms with van der Waals surface area (Å²) in [6.45, 7) is 0. The van der Waals surface area contributed by atoms with Gasteiger partial charge in [-0.3, -0.25) is 4.72 Å². The fraction of sp³-hybridized carbons (Fsp3) is 0.0833. The molecule has 0 amide bonds. The molecule has 0 aliphatic rings. The van der Waals surface area contributed by atoms with Crippen molar-refractivity contribution in [2.75, 3.05) is 11.8 Å². The minimum atomic E-state index is -3.70. The van der Waals surface area contributed by atoms with Gasteiger partial charge in [0.25, 0.3) is 10.0 Å². The number of pyridine rings is 1. The molecule has 106 valence electrons. The van der Waals surface area contributed by atoms with E-state index in [1.165, 1.54) is 19.2 Å². The van der Waals surface area contributed by atoms with Gasteiger partial charge in [-0.05, 0) is 62.2 Å². The fourth-order valence-corrected chi connectivity index (χ4v) is 3.54. The summed E-state index contributed by atoms with van der Waals surface area (Å²) >= 11 is 6.44. The summed E-state index contributed by atoms with van der Waals surface area (Å²) in [7, 11) is -2.18. The summed E-state index contributed by atoms with van der Waals surface area (Å²) in [4.78, 5) is 4.15. The largest absolute Gasteiger partial charge is 0.496 e. The first-order valence-corrected chi connectivity index (χ1v) is 8.48. The Kier molecular flexibility index (Phi) is 4.66. The van der Waals surface area contributed by atoms with Crippen molar-refractivity contribution in [3.63, 3.8) is 0 Å². The van der Waals surface area contributed by atoms with Crippen LogP contribution in [0.25, 0.3) is 0 Å². The van der Waals surface area contributed by atoms with Gasteiger partial charge in [-0.2, -0.15) is 0 Å². The van der Waals surface area contributed by atoms with Gasteiger partial charge in [0.05, 0.1) is 16.5 Å². The summed E-state index contributed by atoms with van der Waals surface area (Å²) < 4.78 is 33.1. The molecule has 5 nitrogen and oxygen atoms in total. The molecule has 1 aromatic heterocycles. The number of hydrogen-bond donors (Lipinski definition) is 1. The van der Waals surface area contributed by atoms with Crippen LogP contribution in [0, 0.1) is 0 Å². The number of hydrogen-bond acceptors (Lipinski definition) is 4. The van der Waals surface area contributed by atoms with Gasteiger partial charge in [-0.15, -0.1) is 0 Å². The lowest BCUT2D eigenvalue weighted by Crippen LogP contribution is -2.14. The van der Waals surface area contributed by atoms with Crippen molar-refractivity contribution in [2.45, 2.75) is 4.90 Å². The third kappa shape index (κ3) is 3.50. The number of nitrogens with zero attached hydrogens (tertiary/aromatic N) is 1. The molecule has 1 N–H and O–H groups in total. The summed E-state index contributed by atoms with van der Waals surface area (Å²) in [5, 5.41) is 0. The Morgan fingerprint density at radius 1 is 1.20 bits per heavy atom. The molecule has 0 radical (unpaired) electrons. The zero-order valence-electron chi connectivity index (χ0n) is 10.3. The molecule has 0 aliphatic carbocycles. The lowest BCUT2D eigenvalue weighted by molar-refractivity contribution is 0.411. The van der Waals surface area contributed by atoms with E-state index < -0.39 is 10.0 Å². The number of sulfonamides is 1. The average molecular weight is 422 g/mol. The maximum atomic E-state index is 12.2. The van der Waals surface area contributed by atoms with Crippen LogP contribution in [0.4, 0.5) is 5.82 Å². The van der Waals surface area contributed by atoms with E-state index in [1.807, 2.05) is 0 Å². The molecule has 20 heavy (non-hydrogen) atoms. The predicted molar refractivity (Wildman–Crippen MR) is 83.4 cm³/mol. The number of aromatic nitrogens is 1. The van der Waals surface area contributed by atoms with Crippen LogP contribution in [-0.2, 0) is 10.0 Å². The van der Waals surface area contributed by atoms with E-state index in [1.54, 1.807) is 24.3 Å². The molecule has 1 heterocycles. The first kappa shape index (κ1) is 15.3. The minimum Gasteiger partial charge on any atom is -0.496 e. The molecule has 0 saturated carbocycles. The summed E-state index contributed by atoms with van der Waals surface area (Å²) in [6.07, 6.45) is 0. The van der Waals surface area contributed by atoms with E-state index in [4.69, 9.17) is 4.74 Å². The van der Waals surface area contributed by atoms with E-state index in [-0.39, 0.29) is 10.7 Å². The molecule has 0 saturated heterocycles. The highest BCUT2D eigenvalue weighted by Gasteiger charge is 2.16. The summed E-state index contributed by atoms with van der Waals surface area (Å²) in [5.74, 6) is 0.802. The zero-order chi connectivity index (χ0) is 14.8. The second kappa shape index (κ2) is 6.11. The first-order valence-electron chi connectivity index (χ1n) is 5.41. The second-order valence-corrected chi connectivity index (χ2v) is 7.10. The lowest BCUT2D eigenvalue weighted by Gasteiger charge is -2.09. The number of methoxy groups -OCH3 is 1. The maximum Gasteiger partial charge on any atom is 0.263 e. The molecular formula is C12H10Br2N2O3S. The van der Waals surface area contributed by atoms with Gasteiger partial charge in [-0.1, -0.05) is 6.07 Å². The van der Waals surface area contributed by atoms with Gasteiger partial charge in [0.1, 0.15) is 16.2 Å². The molecule has 2 rings (SSSR count). The molecular weight excluding hydrogens is 412 g/mol. The Morgan fingerprint density at radius 3 is 2.55 bits per heavy atom. The normalized spacial score (nSPS) is 11.2. The molecule has 0 atom stereocenters. The Hall–Kier alpha value is -1.12. The van der Waals surface area contributed by atoms with E-state index >= 15 is 0 Å². The Balaban J connectivity index is 2.33. The second-order valence-electron chi connectivity index (χ2n) is 3.75. The van der Waals surface area contributed by atoms with E-state index in [2.05, 4.69) is 41.6 Å². The maximum absolute atomic E-state index is 12.2. The molecule has 0 unspecified atom stereocenters. The van der Waals surface area contributed by atoms with Crippen molar-refractivity contribution in [1.82, 2.24) is 4.98 Å². The van der Waals surface area contributed by atoms with Gasteiger partial charge in [0.2, 0.25) is 0 Å². The Morgan fingerprint density at radius 2 is 1.95 bits per heavy atom. The Bertz CT molecular complexity index is 735. The van der Waals surface area contributed by atoms with Crippen molar-refractivity contribution < 1.29 is 13.2 Å². The number of halogens is 2. The quantitative estimate of drug-likeness (QED) is 0.768. The number of nitrogens with one attached hydrogen (secondary N) is 1. The summed E-state index contributed by atoms with van der Waals surface area (Å²) in [5.41, 5.74) is 0. The molecule has 0 spiro atoms. The average Bonchev–Trinajstić information content (AvgIpc) is 2.38. The topological polar surface area (TPSA) is 68.3 Å². The number of benzene rings is 1. The number of ether oxygens (including phenoxy) is 1. The highest BCUT2D eigenvalue weighted by Crippen LogP contribution is 2.28. The summed E-state index contributed by atoms with van der Waals surface area (Å²) in [6, 6.07) is 9.48. The highest BCUT2D eigenvalue weighted by molar-refractivity contribution is 9.10. The van der Waals surface area contributed by atoms with Gasteiger partial charge in [0, 0.05) is 0 Å². The third-order valence-electron chi connectivity index (χ3n) is 2.39. The molecule has 0 fully saturated rings. The number of rotatable bonds is 4. The van der Waals surface area contributed by atoms with Crippen LogP contribution >= 0.6 is 31.9 Å². The SMILES string of the molecule is COc1ccc(S(=O)(=O)Nc2cccc(Br)n2)cc1Br. The standard InChI is InChI=1S/C12H10Br2N2O3S/c1-19-10-6-5-8(7-9(10)13)20(17,18)16-12-4-2-3-11(14)15-12/h2-7H,1H3,(H,15,16). The van der Waals surface area contributed by atoms with Crippen LogP contribution in [0.2, 0.25) is 0 Å². The highest BCUT2D eigenvalue weighted by atomic mass is 79.9. The zero-order valence-corrected chi connectivity index (χ0v) is 14.3. The van der Waals surface area contributed by atoms with Crippen molar-refractivity contribution in [3.8, 4) is 5.75 Å². The first-order chi connectivity index (χ1) is 9.42. The smallest absolute Gasteiger partial charge is 0.263 e. The molecule has 1 aromatic carbocycles. The van der Waals surface area contributed by atoms with Crippen LogP contribution in [0.15, 0.2) is 50.4 Å². The van der Waals surface area contributed by atoms with E-state index in [0.717, 1.165) is 0 Å².